The minimum atomic E-state index is -0.617. The molecule has 0 radical (unpaired) electrons. The molecule has 0 saturated heterocycles. The number of ether oxygens (including phenoxy) is 2. The Morgan fingerprint density at radius 2 is 1.81 bits per heavy atom. The third-order valence-corrected chi connectivity index (χ3v) is 4.43. The summed E-state index contributed by atoms with van der Waals surface area (Å²) in [6.45, 7) is 0.420. The second-order valence-electron chi connectivity index (χ2n) is 6.55. The summed E-state index contributed by atoms with van der Waals surface area (Å²) < 4.78 is 10.6. The van der Waals surface area contributed by atoms with Crippen LogP contribution in [0.3, 0.4) is 0 Å². The second kappa shape index (κ2) is 8.95. The molecule has 158 valence electrons. The van der Waals surface area contributed by atoms with Crippen molar-refractivity contribution >= 4 is 23.2 Å². The van der Waals surface area contributed by atoms with Crippen molar-refractivity contribution in [1.82, 2.24) is 15.4 Å². The van der Waals surface area contributed by atoms with Crippen molar-refractivity contribution in [3.8, 4) is 11.5 Å². The molecule has 0 spiro atoms. The van der Waals surface area contributed by atoms with E-state index >= 15 is 0 Å². The van der Waals surface area contributed by atoms with E-state index in [1.165, 1.54) is 6.33 Å². The molecule has 0 atom stereocenters. The van der Waals surface area contributed by atoms with Gasteiger partial charge in [-0.25, -0.2) is 9.97 Å². The third-order valence-electron chi connectivity index (χ3n) is 4.43. The molecule has 11 heteroatoms. The van der Waals surface area contributed by atoms with Gasteiger partial charge in [0, 0.05) is 6.54 Å². The van der Waals surface area contributed by atoms with Gasteiger partial charge in [0.2, 0.25) is 24.3 Å². The molecule has 0 saturated carbocycles. The topological polar surface area (TPSA) is 141 Å². The maximum Gasteiger partial charge on any atom is 0.354 e. The number of rotatable bonds is 8. The Kier molecular flexibility index (Phi) is 5.74. The van der Waals surface area contributed by atoms with Crippen LogP contribution in [0.2, 0.25) is 0 Å². The molecule has 0 aliphatic carbocycles. The summed E-state index contributed by atoms with van der Waals surface area (Å²) in [7, 11) is 0. The van der Waals surface area contributed by atoms with Gasteiger partial charge in [-0.2, -0.15) is 0 Å². The van der Waals surface area contributed by atoms with Crippen LogP contribution in [0.25, 0.3) is 0 Å². The SMILES string of the molecule is O=C(Cc1ccccc1)NNc1ncnc(NCc2ccc3c(c2)OCO3)c1[N+](=O)[O-]. The number of nitro groups is 1. The first-order chi connectivity index (χ1) is 15.1. The van der Waals surface area contributed by atoms with Crippen molar-refractivity contribution in [3.05, 3.63) is 76.1 Å². The lowest BCUT2D eigenvalue weighted by Gasteiger charge is -2.11. The van der Waals surface area contributed by atoms with E-state index in [0.29, 0.717) is 11.5 Å². The van der Waals surface area contributed by atoms with E-state index in [2.05, 4.69) is 26.1 Å². The van der Waals surface area contributed by atoms with Crippen molar-refractivity contribution in [2.24, 2.45) is 0 Å². The van der Waals surface area contributed by atoms with Crippen LogP contribution in [-0.2, 0) is 17.8 Å². The minimum absolute atomic E-state index is 0.0116. The molecule has 4 rings (SSSR count). The Balaban J connectivity index is 1.43. The molecule has 2 heterocycles. The molecule has 1 aliphatic rings. The van der Waals surface area contributed by atoms with Crippen molar-refractivity contribution in [2.75, 3.05) is 17.5 Å². The number of nitrogens with zero attached hydrogens (tertiary/aromatic N) is 3. The monoisotopic (exact) mass is 422 g/mol. The molecule has 3 N–H and O–H groups in total. The van der Waals surface area contributed by atoms with Gasteiger partial charge in [0.05, 0.1) is 11.3 Å². The van der Waals surface area contributed by atoms with Crippen molar-refractivity contribution in [1.29, 1.82) is 0 Å². The Morgan fingerprint density at radius 1 is 1.03 bits per heavy atom. The number of hydrogen-bond acceptors (Lipinski definition) is 9. The quantitative estimate of drug-likeness (QED) is 0.369. The van der Waals surface area contributed by atoms with Crippen molar-refractivity contribution in [2.45, 2.75) is 13.0 Å². The van der Waals surface area contributed by atoms with Crippen LogP contribution in [0.5, 0.6) is 11.5 Å². The van der Waals surface area contributed by atoms with Crippen LogP contribution < -0.4 is 25.6 Å². The lowest BCUT2D eigenvalue weighted by molar-refractivity contribution is -0.383. The van der Waals surface area contributed by atoms with Gasteiger partial charge in [0.25, 0.3) is 0 Å². The number of hydrogen-bond donors (Lipinski definition) is 3. The Morgan fingerprint density at radius 3 is 2.61 bits per heavy atom. The fourth-order valence-corrected chi connectivity index (χ4v) is 2.96. The summed E-state index contributed by atoms with van der Waals surface area (Å²) in [6.07, 6.45) is 1.28. The minimum Gasteiger partial charge on any atom is -0.454 e. The number of carbonyl (C=O) groups excluding carboxylic acids is 1. The normalized spacial score (nSPS) is 11.6. The van der Waals surface area contributed by atoms with E-state index in [1.54, 1.807) is 12.1 Å². The zero-order valence-corrected chi connectivity index (χ0v) is 16.2. The van der Waals surface area contributed by atoms with Gasteiger partial charge in [0.15, 0.2) is 11.5 Å². The molecule has 31 heavy (non-hydrogen) atoms. The molecule has 2 aromatic carbocycles. The van der Waals surface area contributed by atoms with Gasteiger partial charge >= 0.3 is 5.69 Å². The zero-order chi connectivity index (χ0) is 21.6. The van der Waals surface area contributed by atoms with Crippen LogP contribution in [0.15, 0.2) is 54.9 Å². The lowest BCUT2D eigenvalue weighted by Crippen LogP contribution is -2.31. The highest BCUT2D eigenvalue weighted by Crippen LogP contribution is 2.33. The Hall–Kier alpha value is -4.41. The summed E-state index contributed by atoms with van der Waals surface area (Å²) in [5.74, 6) is 0.774. The molecule has 0 bridgehead atoms. The largest absolute Gasteiger partial charge is 0.454 e. The first-order valence-electron chi connectivity index (χ1n) is 9.31. The van der Waals surface area contributed by atoms with Crippen LogP contribution in [0.4, 0.5) is 17.3 Å². The molecule has 11 nitrogen and oxygen atoms in total. The highest BCUT2D eigenvalue weighted by molar-refractivity contribution is 5.81. The van der Waals surface area contributed by atoms with E-state index in [-0.39, 0.29) is 43.0 Å². The maximum atomic E-state index is 12.1. The number of benzene rings is 2. The van der Waals surface area contributed by atoms with Gasteiger partial charge in [0.1, 0.15) is 6.33 Å². The summed E-state index contributed by atoms with van der Waals surface area (Å²) in [5, 5.41) is 14.6. The Labute approximate surface area is 176 Å². The molecule has 1 amide bonds. The molecule has 0 unspecified atom stereocenters. The summed E-state index contributed by atoms with van der Waals surface area (Å²) in [4.78, 5) is 31.0. The summed E-state index contributed by atoms with van der Waals surface area (Å²) >= 11 is 0. The van der Waals surface area contributed by atoms with Gasteiger partial charge in [-0.1, -0.05) is 36.4 Å². The predicted octanol–water partition coefficient (Wildman–Crippen LogP) is 2.41. The van der Waals surface area contributed by atoms with E-state index in [4.69, 9.17) is 9.47 Å². The molecular formula is C20H18N6O5. The van der Waals surface area contributed by atoms with Crippen LogP contribution >= 0.6 is 0 Å². The van der Waals surface area contributed by atoms with Gasteiger partial charge in [-0.3, -0.25) is 25.8 Å². The van der Waals surface area contributed by atoms with Gasteiger partial charge in [-0.15, -0.1) is 0 Å². The van der Waals surface area contributed by atoms with Crippen LogP contribution in [0, 0.1) is 10.1 Å². The molecule has 1 aromatic heterocycles. The molecular weight excluding hydrogens is 404 g/mol. The summed E-state index contributed by atoms with van der Waals surface area (Å²) in [5.41, 5.74) is 6.19. The van der Waals surface area contributed by atoms with E-state index in [1.807, 2.05) is 36.4 Å². The standard InChI is InChI=1S/C20H18N6O5/c27-17(9-13-4-2-1-3-5-13)24-25-20-18(26(28)29)19(22-11-23-20)21-10-14-6-7-15-16(8-14)31-12-30-15/h1-8,11H,9-10,12H2,(H,24,27)(H2,21,22,23,25). The zero-order valence-electron chi connectivity index (χ0n) is 16.2. The predicted molar refractivity (Wildman–Crippen MR) is 110 cm³/mol. The van der Waals surface area contributed by atoms with Crippen LogP contribution in [-0.4, -0.2) is 27.6 Å². The van der Waals surface area contributed by atoms with Crippen molar-refractivity contribution < 1.29 is 19.2 Å². The van der Waals surface area contributed by atoms with Crippen LogP contribution in [0.1, 0.15) is 11.1 Å². The smallest absolute Gasteiger partial charge is 0.354 e. The highest BCUT2D eigenvalue weighted by Gasteiger charge is 2.23. The number of anilines is 2. The maximum absolute atomic E-state index is 12.1. The number of amides is 1. The molecule has 1 aliphatic heterocycles. The summed E-state index contributed by atoms with van der Waals surface area (Å²) in [6, 6.07) is 14.5. The average molecular weight is 422 g/mol. The lowest BCUT2D eigenvalue weighted by atomic mass is 10.1. The van der Waals surface area contributed by atoms with Gasteiger partial charge in [-0.05, 0) is 23.3 Å². The first kappa shape index (κ1) is 19.9. The number of aromatic nitrogens is 2. The second-order valence-corrected chi connectivity index (χ2v) is 6.55. The highest BCUT2D eigenvalue weighted by atomic mass is 16.7. The molecule has 0 fully saturated rings. The van der Waals surface area contributed by atoms with E-state index in [0.717, 1.165) is 11.1 Å². The molecule has 3 aromatic rings. The number of fused-ring (bicyclic) bond motifs is 1. The van der Waals surface area contributed by atoms with E-state index < -0.39 is 4.92 Å². The number of nitrogens with one attached hydrogen (secondary N) is 3. The number of hydrazine groups is 1. The van der Waals surface area contributed by atoms with E-state index in [9.17, 15) is 14.9 Å². The third kappa shape index (κ3) is 4.78. The first-order valence-corrected chi connectivity index (χ1v) is 9.31. The fourth-order valence-electron chi connectivity index (χ4n) is 2.96. The fraction of sp³-hybridized carbons (Fsp3) is 0.150. The Bertz CT molecular complexity index is 1110. The average Bonchev–Trinajstić information content (AvgIpc) is 3.24. The number of carbonyl (C=O) groups is 1. The van der Waals surface area contributed by atoms with Gasteiger partial charge < -0.3 is 14.8 Å². The van der Waals surface area contributed by atoms with Crippen molar-refractivity contribution in [3.63, 3.8) is 0 Å².